The van der Waals surface area contributed by atoms with Crippen LogP contribution in [0.25, 0.3) is 11.6 Å². The number of benzene rings is 3. The molecule has 5 nitrogen and oxygen atoms in total. The topological polar surface area (TPSA) is 76.0 Å². The minimum Gasteiger partial charge on any atom is -0.507 e. The molecule has 0 heterocycles. The number of carbonyl (C=O) groups excluding carboxylic acids is 1. The Labute approximate surface area is 162 Å². The number of aromatic hydroxyl groups is 2. The van der Waals surface area contributed by atoms with Gasteiger partial charge in [-0.3, -0.25) is 4.79 Å². The Kier molecular flexibility index (Phi) is 4.28. The van der Waals surface area contributed by atoms with Crippen molar-refractivity contribution in [3.05, 3.63) is 82.4 Å². The molecule has 3 aromatic carbocycles. The van der Waals surface area contributed by atoms with Crippen LogP contribution in [-0.2, 0) is 0 Å². The highest BCUT2D eigenvalue weighted by molar-refractivity contribution is 6.22. The molecule has 0 atom stereocenters. The standard InChI is InChI=1S/C23H18O5/c1-27-19-10-9-13(12-20(19)28-2)11-16-14-5-3-7-17(24)21(14)23(26)22-15(16)6-4-8-18(22)25/h3-12,24-25H,1-2H3. The predicted octanol–water partition coefficient (Wildman–Crippen LogP) is 4.25. The summed E-state index contributed by atoms with van der Waals surface area (Å²) in [5.41, 5.74) is 3.14. The highest BCUT2D eigenvalue weighted by Crippen LogP contribution is 2.43. The number of phenolic OH excluding ortho intramolecular Hbond substituents is 2. The monoisotopic (exact) mass is 374 g/mol. The van der Waals surface area contributed by atoms with Gasteiger partial charge in [0.15, 0.2) is 11.5 Å². The lowest BCUT2D eigenvalue weighted by molar-refractivity contribution is 0.103. The lowest BCUT2D eigenvalue weighted by Crippen LogP contribution is -2.14. The van der Waals surface area contributed by atoms with E-state index >= 15 is 0 Å². The number of fused-ring (bicyclic) bond motifs is 2. The van der Waals surface area contributed by atoms with E-state index in [-0.39, 0.29) is 22.6 Å². The summed E-state index contributed by atoms with van der Waals surface area (Å²) >= 11 is 0. The van der Waals surface area contributed by atoms with E-state index in [1.807, 2.05) is 18.2 Å². The van der Waals surface area contributed by atoms with E-state index in [4.69, 9.17) is 9.47 Å². The molecule has 0 saturated carbocycles. The average Bonchev–Trinajstić information content (AvgIpc) is 2.70. The molecule has 4 rings (SSSR count). The minimum atomic E-state index is -0.398. The van der Waals surface area contributed by atoms with Crippen molar-refractivity contribution in [3.63, 3.8) is 0 Å². The van der Waals surface area contributed by atoms with Gasteiger partial charge in [-0.1, -0.05) is 30.3 Å². The largest absolute Gasteiger partial charge is 0.507 e. The van der Waals surface area contributed by atoms with Crippen LogP contribution in [0.3, 0.4) is 0 Å². The number of carbonyl (C=O) groups is 1. The van der Waals surface area contributed by atoms with Crippen molar-refractivity contribution < 1.29 is 24.5 Å². The van der Waals surface area contributed by atoms with Crippen LogP contribution in [-0.4, -0.2) is 30.2 Å². The lowest BCUT2D eigenvalue weighted by atomic mass is 9.80. The normalized spacial score (nSPS) is 12.2. The van der Waals surface area contributed by atoms with Gasteiger partial charge >= 0.3 is 0 Å². The number of methoxy groups -OCH3 is 2. The summed E-state index contributed by atoms with van der Waals surface area (Å²) in [6.07, 6.45) is 1.89. The summed E-state index contributed by atoms with van der Waals surface area (Å²) in [5.74, 6) is 0.561. The van der Waals surface area contributed by atoms with Gasteiger partial charge in [-0.2, -0.15) is 0 Å². The van der Waals surface area contributed by atoms with Crippen LogP contribution >= 0.6 is 0 Å². The number of phenols is 2. The van der Waals surface area contributed by atoms with Crippen LogP contribution in [0.2, 0.25) is 0 Å². The van der Waals surface area contributed by atoms with Gasteiger partial charge in [-0.25, -0.2) is 0 Å². The third-order valence-corrected chi connectivity index (χ3v) is 4.84. The van der Waals surface area contributed by atoms with E-state index in [2.05, 4.69) is 0 Å². The van der Waals surface area contributed by atoms with Gasteiger partial charge in [-0.05, 0) is 52.6 Å². The molecule has 0 aliphatic heterocycles. The molecule has 2 N–H and O–H groups in total. The molecule has 1 aliphatic rings. The zero-order valence-corrected chi connectivity index (χ0v) is 15.4. The molecule has 28 heavy (non-hydrogen) atoms. The maximum absolute atomic E-state index is 12.9. The molecule has 140 valence electrons. The number of hydrogen-bond acceptors (Lipinski definition) is 5. The Morgan fingerprint density at radius 3 is 1.89 bits per heavy atom. The van der Waals surface area contributed by atoms with Gasteiger partial charge < -0.3 is 19.7 Å². The molecule has 3 aromatic rings. The van der Waals surface area contributed by atoms with Crippen molar-refractivity contribution in [2.75, 3.05) is 14.2 Å². The Morgan fingerprint density at radius 2 is 1.36 bits per heavy atom. The molecule has 0 amide bonds. The van der Waals surface area contributed by atoms with Crippen molar-refractivity contribution in [1.29, 1.82) is 0 Å². The second kappa shape index (κ2) is 6.78. The van der Waals surface area contributed by atoms with Gasteiger partial charge in [-0.15, -0.1) is 0 Å². The second-order valence-electron chi connectivity index (χ2n) is 6.40. The van der Waals surface area contributed by atoms with Gasteiger partial charge in [0, 0.05) is 0 Å². The quantitative estimate of drug-likeness (QED) is 0.561. The van der Waals surface area contributed by atoms with Crippen LogP contribution in [0.4, 0.5) is 0 Å². The third-order valence-electron chi connectivity index (χ3n) is 4.84. The highest BCUT2D eigenvalue weighted by atomic mass is 16.5. The Morgan fingerprint density at radius 1 is 0.786 bits per heavy atom. The fourth-order valence-corrected chi connectivity index (χ4v) is 3.54. The summed E-state index contributed by atoms with van der Waals surface area (Å²) in [6.45, 7) is 0. The Bertz CT molecular complexity index is 1070. The maximum atomic E-state index is 12.9. The molecule has 0 aromatic heterocycles. The minimum absolute atomic E-state index is 0.116. The van der Waals surface area contributed by atoms with Crippen LogP contribution in [0.1, 0.15) is 32.6 Å². The summed E-state index contributed by atoms with van der Waals surface area (Å²) < 4.78 is 10.7. The van der Waals surface area contributed by atoms with Crippen molar-refractivity contribution in [2.45, 2.75) is 0 Å². The van der Waals surface area contributed by atoms with E-state index in [0.29, 0.717) is 22.6 Å². The van der Waals surface area contributed by atoms with Gasteiger partial charge in [0.05, 0.1) is 25.3 Å². The van der Waals surface area contributed by atoms with E-state index in [9.17, 15) is 15.0 Å². The van der Waals surface area contributed by atoms with E-state index in [0.717, 1.165) is 11.1 Å². The zero-order valence-electron chi connectivity index (χ0n) is 15.4. The van der Waals surface area contributed by atoms with Crippen molar-refractivity contribution in [3.8, 4) is 23.0 Å². The molecular weight excluding hydrogens is 356 g/mol. The van der Waals surface area contributed by atoms with E-state index in [1.54, 1.807) is 44.6 Å². The van der Waals surface area contributed by atoms with Crippen molar-refractivity contribution in [2.24, 2.45) is 0 Å². The molecule has 0 fully saturated rings. The molecule has 1 aliphatic carbocycles. The smallest absolute Gasteiger partial charge is 0.201 e. The second-order valence-corrected chi connectivity index (χ2v) is 6.40. The predicted molar refractivity (Wildman–Crippen MR) is 106 cm³/mol. The SMILES string of the molecule is COc1ccc(C=C2c3cccc(O)c3C(=O)c3c(O)cccc32)cc1OC. The van der Waals surface area contributed by atoms with Gasteiger partial charge in [0.1, 0.15) is 11.5 Å². The summed E-state index contributed by atoms with van der Waals surface area (Å²) in [4.78, 5) is 12.9. The number of ketones is 1. The first-order chi connectivity index (χ1) is 13.5. The highest BCUT2D eigenvalue weighted by Gasteiger charge is 2.31. The molecule has 0 spiro atoms. The average molecular weight is 374 g/mol. The number of hydrogen-bond donors (Lipinski definition) is 2. The molecule has 0 bridgehead atoms. The molecular formula is C23H18O5. The fraction of sp³-hybridized carbons (Fsp3) is 0.0870. The van der Waals surface area contributed by atoms with Crippen LogP contribution in [0, 0.1) is 0 Å². The van der Waals surface area contributed by atoms with Crippen LogP contribution < -0.4 is 9.47 Å². The van der Waals surface area contributed by atoms with E-state index < -0.39 is 5.78 Å². The first-order valence-corrected chi connectivity index (χ1v) is 8.68. The number of rotatable bonds is 3. The van der Waals surface area contributed by atoms with Crippen LogP contribution in [0.5, 0.6) is 23.0 Å². The Hall–Kier alpha value is -3.73. The van der Waals surface area contributed by atoms with Gasteiger partial charge in [0.2, 0.25) is 5.78 Å². The van der Waals surface area contributed by atoms with Crippen molar-refractivity contribution >= 4 is 17.4 Å². The molecule has 0 saturated heterocycles. The lowest BCUT2D eigenvalue weighted by Gasteiger charge is -2.23. The fourth-order valence-electron chi connectivity index (χ4n) is 3.54. The van der Waals surface area contributed by atoms with Crippen molar-refractivity contribution in [1.82, 2.24) is 0 Å². The van der Waals surface area contributed by atoms with Gasteiger partial charge in [0.25, 0.3) is 0 Å². The van der Waals surface area contributed by atoms with E-state index in [1.165, 1.54) is 12.1 Å². The Balaban J connectivity index is 1.99. The maximum Gasteiger partial charge on any atom is 0.201 e. The summed E-state index contributed by atoms with van der Waals surface area (Å²) in [6, 6.07) is 15.4. The molecule has 0 radical (unpaired) electrons. The summed E-state index contributed by atoms with van der Waals surface area (Å²) in [5, 5.41) is 20.6. The summed E-state index contributed by atoms with van der Waals surface area (Å²) in [7, 11) is 3.13. The third kappa shape index (κ3) is 2.68. The van der Waals surface area contributed by atoms with Crippen LogP contribution in [0.15, 0.2) is 54.6 Å². The zero-order chi connectivity index (χ0) is 19.8. The first-order valence-electron chi connectivity index (χ1n) is 8.68. The molecule has 5 heteroatoms. The number of ether oxygens (including phenoxy) is 2. The molecule has 0 unspecified atom stereocenters. The first kappa shape index (κ1) is 17.7.